The number of aromatic nitrogens is 2. The minimum Gasteiger partial charge on any atom is -0.378 e. The van der Waals surface area contributed by atoms with E-state index in [4.69, 9.17) is 9.72 Å². The number of likely N-dealkylation sites (tertiary alicyclic amines) is 1. The first-order valence-electron chi connectivity index (χ1n) is 10.3. The number of amides is 1. The molecule has 29 heavy (non-hydrogen) atoms. The maximum Gasteiger partial charge on any atom is 0.318 e. The molecule has 2 aliphatic heterocycles. The van der Waals surface area contributed by atoms with E-state index in [1.807, 2.05) is 29.3 Å². The number of para-hydroxylation sites is 1. The molecule has 1 N–H and O–H groups in total. The van der Waals surface area contributed by atoms with Crippen LogP contribution >= 0.6 is 11.3 Å². The van der Waals surface area contributed by atoms with Gasteiger partial charge in [-0.2, -0.15) is 0 Å². The van der Waals surface area contributed by atoms with E-state index < -0.39 is 0 Å². The number of nitrogens with zero attached hydrogens (tertiary/aromatic N) is 3. The standard InChI is InChI=1S/C22H24N4O2S/c27-22(19-14-17(7-8-23-19)25-10-12-28-13-11-25)26-9-3-4-16(15-26)21-24-18-5-1-2-6-20(18)29-21/h1-2,5-8,14,16H,3-4,9-13,15H2/p+1/t16-/m0/s1. The molecule has 1 aromatic carbocycles. The van der Waals surface area contributed by atoms with E-state index in [9.17, 15) is 4.79 Å². The second kappa shape index (κ2) is 8.08. The van der Waals surface area contributed by atoms with Crippen LogP contribution in [0.15, 0.2) is 42.6 Å². The van der Waals surface area contributed by atoms with Gasteiger partial charge in [0, 0.05) is 49.9 Å². The van der Waals surface area contributed by atoms with E-state index in [-0.39, 0.29) is 5.91 Å². The molecule has 0 unspecified atom stereocenters. The highest BCUT2D eigenvalue weighted by Gasteiger charge is 2.30. The molecule has 2 aliphatic rings. The zero-order chi connectivity index (χ0) is 19.6. The van der Waals surface area contributed by atoms with Gasteiger partial charge in [-0.1, -0.05) is 12.1 Å². The molecule has 2 aromatic heterocycles. The van der Waals surface area contributed by atoms with Crippen molar-refractivity contribution < 1.29 is 14.5 Å². The van der Waals surface area contributed by atoms with E-state index in [1.165, 1.54) is 4.70 Å². The van der Waals surface area contributed by atoms with E-state index in [2.05, 4.69) is 28.1 Å². The predicted octanol–water partition coefficient (Wildman–Crippen LogP) is 2.97. The number of aromatic amines is 1. The van der Waals surface area contributed by atoms with Gasteiger partial charge in [-0.15, -0.1) is 11.3 Å². The zero-order valence-corrected chi connectivity index (χ0v) is 17.2. The van der Waals surface area contributed by atoms with Crippen molar-refractivity contribution >= 4 is 33.1 Å². The zero-order valence-electron chi connectivity index (χ0n) is 16.3. The van der Waals surface area contributed by atoms with Crippen molar-refractivity contribution in [2.75, 3.05) is 44.3 Å². The summed E-state index contributed by atoms with van der Waals surface area (Å²) in [7, 11) is 0. The van der Waals surface area contributed by atoms with Gasteiger partial charge < -0.3 is 14.5 Å². The molecular weight excluding hydrogens is 384 g/mol. The summed E-state index contributed by atoms with van der Waals surface area (Å²) in [6, 6.07) is 12.3. The summed E-state index contributed by atoms with van der Waals surface area (Å²) in [6.07, 6.45) is 3.96. The van der Waals surface area contributed by atoms with Crippen LogP contribution < -0.4 is 9.88 Å². The molecule has 2 fully saturated rings. The van der Waals surface area contributed by atoms with Gasteiger partial charge in [-0.25, -0.2) is 9.97 Å². The number of H-pyrrole nitrogens is 1. The SMILES string of the molecule is O=C(c1cc(N2CCOCC2)cc[nH+]1)N1CCC[C@H](c2nc3ccccc3s2)C1. The number of thiazole rings is 1. The molecule has 0 aliphatic carbocycles. The Morgan fingerprint density at radius 1 is 1.17 bits per heavy atom. The molecule has 5 rings (SSSR count). The molecule has 0 saturated carbocycles. The molecule has 150 valence electrons. The van der Waals surface area contributed by atoms with E-state index >= 15 is 0 Å². The third-order valence-electron chi connectivity index (χ3n) is 5.76. The Bertz CT molecular complexity index is 982. The first-order chi connectivity index (χ1) is 14.3. The number of morpholine rings is 1. The number of pyridine rings is 1. The van der Waals surface area contributed by atoms with Crippen LogP contribution in [0.2, 0.25) is 0 Å². The fourth-order valence-electron chi connectivity index (χ4n) is 4.19. The van der Waals surface area contributed by atoms with Gasteiger partial charge in [-0.05, 0) is 25.0 Å². The number of carbonyl (C=O) groups excluding carboxylic acids is 1. The predicted molar refractivity (Wildman–Crippen MR) is 114 cm³/mol. The van der Waals surface area contributed by atoms with Crippen LogP contribution in [0.5, 0.6) is 0 Å². The van der Waals surface area contributed by atoms with Gasteiger partial charge in [0.05, 0.1) is 28.4 Å². The number of hydrogen-bond donors (Lipinski definition) is 0. The van der Waals surface area contributed by atoms with E-state index in [1.54, 1.807) is 11.3 Å². The van der Waals surface area contributed by atoms with Crippen LogP contribution in [0.3, 0.4) is 0 Å². The first kappa shape index (κ1) is 18.5. The molecule has 1 atom stereocenters. The summed E-state index contributed by atoms with van der Waals surface area (Å²) in [5, 5.41) is 1.15. The van der Waals surface area contributed by atoms with Gasteiger partial charge in [0.1, 0.15) is 0 Å². The van der Waals surface area contributed by atoms with Gasteiger partial charge >= 0.3 is 5.91 Å². The third kappa shape index (κ3) is 3.84. The molecule has 2 saturated heterocycles. The van der Waals surface area contributed by atoms with Crippen molar-refractivity contribution in [1.29, 1.82) is 0 Å². The lowest BCUT2D eigenvalue weighted by atomic mass is 9.98. The number of ether oxygens (including phenoxy) is 1. The van der Waals surface area contributed by atoms with Crippen molar-refractivity contribution in [1.82, 2.24) is 9.88 Å². The molecule has 0 spiro atoms. The highest BCUT2D eigenvalue weighted by Crippen LogP contribution is 2.33. The topological polar surface area (TPSA) is 59.8 Å². The lowest BCUT2D eigenvalue weighted by Crippen LogP contribution is -2.41. The Labute approximate surface area is 174 Å². The van der Waals surface area contributed by atoms with Gasteiger partial charge in [-0.3, -0.25) is 4.79 Å². The number of benzene rings is 1. The van der Waals surface area contributed by atoms with Gasteiger partial charge in [0.15, 0.2) is 6.20 Å². The van der Waals surface area contributed by atoms with Crippen LogP contribution in [-0.2, 0) is 4.74 Å². The van der Waals surface area contributed by atoms with Crippen LogP contribution in [0.25, 0.3) is 10.2 Å². The van der Waals surface area contributed by atoms with Crippen molar-refractivity contribution in [3.8, 4) is 0 Å². The maximum absolute atomic E-state index is 13.2. The van der Waals surface area contributed by atoms with Gasteiger partial charge in [0.25, 0.3) is 5.69 Å². The van der Waals surface area contributed by atoms with Crippen molar-refractivity contribution in [3.63, 3.8) is 0 Å². The quantitative estimate of drug-likeness (QED) is 0.667. The number of rotatable bonds is 3. The Morgan fingerprint density at radius 2 is 2.03 bits per heavy atom. The third-order valence-corrected chi connectivity index (χ3v) is 6.96. The molecule has 3 aromatic rings. The Hall–Kier alpha value is -2.51. The van der Waals surface area contributed by atoms with E-state index in [0.29, 0.717) is 11.6 Å². The molecule has 7 heteroatoms. The fraction of sp³-hybridized carbons (Fsp3) is 0.409. The van der Waals surface area contributed by atoms with Crippen molar-refractivity contribution in [2.45, 2.75) is 18.8 Å². The smallest absolute Gasteiger partial charge is 0.318 e. The summed E-state index contributed by atoms with van der Waals surface area (Å²) in [4.78, 5) is 25.5. The Balaban J connectivity index is 1.33. The summed E-state index contributed by atoms with van der Waals surface area (Å²) in [5.74, 6) is 0.387. The van der Waals surface area contributed by atoms with E-state index in [0.717, 1.165) is 68.4 Å². The summed E-state index contributed by atoms with van der Waals surface area (Å²) >= 11 is 1.76. The van der Waals surface area contributed by atoms with Crippen LogP contribution in [0.4, 0.5) is 5.69 Å². The van der Waals surface area contributed by atoms with Crippen LogP contribution in [-0.4, -0.2) is 55.2 Å². The lowest BCUT2D eigenvalue weighted by molar-refractivity contribution is -0.382. The number of carbonyl (C=O) groups is 1. The first-order valence-corrected chi connectivity index (χ1v) is 11.1. The monoisotopic (exact) mass is 409 g/mol. The number of piperidine rings is 1. The molecular formula is C22H25N4O2S+. The van der Waals surface area contributed by atoms with Crippen LogP contribution in [0, 0.1) is 0 Å². The molecule has 1 amide bonds. The second-order valence-electron chi connectivity index (χ2n) is 7.67. The summed E-state index contributed by atoms with van der Waals surface area (Å²) < 4.78 is 6.66. The largest absolute Gasteiger partial charge is 0.378 e. The normalized spacial score (nSPS) is 20.2. The number of anilines is 1. The average Bonchev–Trinajstić information content (AvgIpc) is 3.24. The lowest BCUT2D eigenvalue weighted by Gasteiger charge is -2.31. The highest BCUT2D eigenvalue weighted by atomic mass is 32.1. The number of fused-ring (bicyclic) bond motifs is 1. The summed E-state index contributed by atoms with van der Waals surface area (Å²) in [6.45, 7) is 4.72. The summed E-state index contributed by atoms with van der Waals surface area (Å²) in [5.41, 5.74) is 2.79. The minimum absolute atomic E-state index is 0.0749. The Morgan fingerprint density at radius 3 is 2.90 bits per heavy atom. The number of nitrogens with one attached hydrogen (secondary N) is 1. The Kier molecular flexibility index (Phi) is 5.16. The van der Waals surface area contributed by atoms with Gasteiger partial charge in [0.2, 0.25) is 0 Å². The number of hydrogen-bond acceptors (Lipinski definition) is 5. The molecule has 0 bridgehead atoms. The average molecular weight is 410 g/mol. The second-order valence-corrected chi connectivity index (χ2v) is 8.73. The molecule has 0 radical (unpaired) electrons. The minimum atomic E-state index is 0.0749. The maximum atomic E-state index is 13.2. The van der Waals surface area contributed by atoms with Crippen molar-refractivity contribution in [3.05, 3.63) is 53.3 Å². The highest BCUT2D eigenvalue weighted by molar-refractivity contribution is 7.18. The van der Waals surface area contributed by atoms with Crippen LogP contribution in [0.1, 0.15) is 34.3 Å². The molecule has 4 heterocycles. The fourth-order valence-corrected chi connectivity index (χ4v) is 5.29. The molecule has 6 nitrogen and oxygen atoms in total. The van der Waals surface area contributed by atoms with Crippen molar-refractivity contribution in [2.24, 2.45) is 0 Å².